The highest BCUT2D eigenvalue weighted by atomic mass is 16.2. The molecule has 1 aliphatic rings. The maximum atomic E-state index is 12.8. The molecule has 0 radical (unpaired) electrons. The van der Waals surface area contributed by atoms with E-state index >= 15 is 0 Å². The molecule has 32 heavy (non-hydrogen) atoms. The van der Waals surface area contributed by atoms with Crippen LogP contribution in [-0.2, 0) is 0 Å². The van der Waals surface area contributed by atoms with Crippen LogP contribution in [0.2, 0.25) is 0 Å². The molecule has 1 amide bonds. The van der Waals surface area contributed by atoms with Crippen molar-refractivity contribution in [3.63, 3.8) is 0 Å². The van der Waals surface area contributed by atoms with Crippen molar-refractivity contribution in [1.29, 1.82) is 0 Å². The summed E-state index contributed by atoms with van der Waals surface area (Å²) in [6, 6.07) is 18.6. The summed E-state index contributed by atoms with van der Waals surface area (Å²) in [5.74, 6) is 0.266. The number of amides is 1. The predicted molar refractivity (Wildman–Crippen MR) is 135 cm³/mol. The zero-order valence-electron chi connectivity index (χ0n) is 19.9. The van der Waals surface area contributed by atoms with E-state index in [0.717, 1.165) is 28.3 Å². The zero-order chi connectivity index (χ0) is 23.0. The predicted octanol–water partition coefficient (Wildman–Crippen LogP) is 6.41. The Hall–Kier alpha value is -3.14. The number of anilines is 1. The molecule has 1 heterocycles. The molecule has 0 aromatic heterocycles. The lowest BCUT2D eigenvalue weighted by Crippen LogP contribution is -2.51. The number of carbonyl (C=O) groups excluding carboxylic acids is 1. The highest BCUT2D eigenvalue weighted by Crippen LogP contribution is 2.45. The van der Waals surface area contributed by atoms with E-state index in [4.69, 9.17) is 0 Å². The average Bonchev–Trinajstić information content (AvgIpc) is 2.73. The first-order valence-corrected chi connectivity index (χ1v) is 11.4. The second kappa shape index (κ2) is 8.42. The summed E-state index contributed by atoms with van der Waals surface area (Å²) in [7, 11) is 0. The quantitative estimate of drug-likeness (QED) is 0.386. The Labute approximate surface area is 191 Å². The third-order valence-electron chi connectivity index (χ3n) is 6.58. The van der Waals surface area contributed by atoms with Crippen LogP contribution in [0.1, 0.15) is 74.0 Å². The van der Waals surface area contributed by atoms with Gasteiger partial charge < -0.3 is 4.90 Å². The zero-order valence-corrected chi connectivity index (χ0v) is 19.9. The van der Waals surface area contributed by atoms with Crippen molar-refractivity contribution in [3.05, 3.63) is 76.9 Å². The van der Waals surface area contributed by atoms with Gasteiger partial charge in [0.25, 0.3) is 5.91 Å². The van der Waals surface area contributed by atoms with Crippen LogP contribution in [0.25, 0.3) is 10.8 Å². The molecule has 0 saturated carbocycles. The van der Waals surface area contributed by atoms with Gasteiger partial charge in [-0.1, -0.05) is 43.3 Å². The molecule has 0 aliphatic carbocycles. The summed E-state index contributed by atoms with van der Waals surface area (Å²) >= 11 is 0. The Morgan fingerprint density at radius 1 is 1.16 bits per heavy atom. The van der Waals surface area contributed by atoms with Crippen LogP contribution >= 0.6 is 0 Å². The van der Waals surface area contributed by atoms with E-state index in [9.17, 15) is 4.79 Å². The summed E-state index contributed by atoms with van der Waals surface area (Å²) in [5, 5.41) is 6.28. The fourth-order valence-electron chi connectivity index (χ4n) is 5.37. The van der Waals surface area contributed by atoms with Gasteiger partial charge in [0, 0.05) is 22.8 Å². The molecule has 0 spiro atoms. The van der Waals surface area contributed by atoms with Crippen LogP contribution in [0.15, 0.2) is 59.7 Å². The van der Waals surface area contributed by atoms with E-state index in [2.05, 4.69) is 69.1 Å². The second-order valence-electron chi connectivity index (χ2n) is 9.87. The topological polar surface area (TPSA) is 44.7 Å². The number of nitrogens with zero attached hydrogens (tertiary/aromatic N) is 2. The number of carbonyl (C=O) groups is 1. The molecule has 0 saturated heterocycles. The van der Waals surface area contributed by atoms with Crippen molar-refractivity contribution in [1.82, 2.24) is 5.43 Å². The molecular formula is C28H33N3O. The normalized spacial score (nSPS) is 17.7. The number of fused-ring (bicyclic) bond motifs is 2. The summed E-state index contributed by atoms with van der Waals surface area (Å²) < 4.78 is 0. The van der Waals surface area contributed by atoms with E-state index in [1.807, 2.05) is 42.5 Å². The lowest BCUT2D eigenvalue weighted by atomic mass is 9.78. The molecule has 166 valence electrons. The van der Waals surface area contributed by atoms with Gasteiger partial charge >= 0.3 is 0 Å². The Morgan fingerprint density at radius 3 is 2.62 bits per heavy atom. The van der Waals surface area contributed by atoms with Crippen LogP contribution in [-0.4, -0.2) is 23.7 Å². The van der Waals surface area contributed by atoms with Crippen LogP contribution < -0.4 is 10.3 Å². The van der Waals surface area contributed by atoms with Crippen LogP contribution in [0.4, 0.5) is 5.69 Å². The number of hydrogen-bond donors (Lipinski definition) is 1. The molecule has 4 rings (SSSR count). The molecule has 4 nitrogen and oxygen atoms in total. The van der Waals surface area contributed by atoms with Crippen molar-refractivity contribution >= 4 is 28.6 Å². The minimum atomic E-state index is -0.199. The number of hydrogen-bond acceptors (Lipinski definition) is 3. The Kier molecular flexibility index (Phi) is 5.81. The number of hydrazone groups is 1. The van der Waals surface area contributed by atoms with Gasteiger partial charge in [-0.2, -0.15) is 5.10 Å². The highest BCUT2D eigenvalue weighted by Gasteiger charge is 2.37. The maximum Gasteiger partial charge on any atom is 0.271 e. The van der Waals surface area contributed by atoms with Crippen molar-refractivity contribution in [2.75, 3.05) is 4.90 Å². The van der Waals surface area contributed by atoms with Gasteiger partial charge in [-0.05, 0) is 92.6 Å². The minimum Gasteiger partial charge on any atom is -0.364 e. The van der Waals surface area contributed by atoms with Gasteiger partial charge in [0.1, 0.15) is 0 Å². The first-order valence-electron chi connectivity index (χ1n) is 11.4. The molecular weight excluding hydrogens is 394 g/mol. The highest BCUT2D eigenvalue weighted by molar-refractivity contribution is 6.07. The van der Waals surface area contributed by atoms with Gasteiger partial charge in [0.2, 0.25) is 0 Å². The molecule has 3 aromatic carbocycles. The van der Waals surface area contributed by atoms with Crippen molar-refractivity contribution < 1.29 is 4.79 Å². The molecule has 4 heteroatoms. The Balaban J connectivity index is 1.60. The first kappa shape index (κ1) is 22.1. The van der Waals surface area contributed by atoms with E-state index in [-0.39, 0.29) is 11.4 Å². The van der Waals surface area contributed by atoms with Gasteiger partial charge in [-0.15, -0.1) is 0 Å². The largest absolute Gasteiger partial charge is 0.364 e. The molecule has 1 atom stereocenters. The fraction of sp³-hybridized carbons (Fsp3) is 0.357. The smallest absolute Gasteiger partial charge is 0.271 e. The molecule has 0 bridgehead atoms. The van der Waals surface area contributed by atoms with Crippen LogP contribution in [0.5, 0.6) is 0 Å². The lowest BCUT2D eigenvalue weighted by molar-refractivity contribution is 0.0957. The first-order chi connectivity index (χ1) is 15.2. The van der Waals surface area contributed by atoms with E-state index in [0.29, 0.717) is 17.5 Å². The third kappa shape index (κ3) is 4.02. The molecule has 1 aliphatic heterocycles. The molecule has 0 unspecified atom stereocenters. The van der Waals surface area contributed by atoms with Gasteiger partial charge in [-0.25, -0.2) is 5.43 Å². The number of benzene rings is 3. The summed E-state index contributed by atoms with van der Waals surface area (Å²) in [6.07, 6.45) is 2.88. The summed E-state index contributed by atoms with van der Waals surface area (Å²) in [5.41, 5.74) is 8.33. The maximum absolute atomic E-state index is 12.8. The standard InChI is InChI=1S/C28H33N3O/c1-18(2)31-26-14-19(3)22(15-25(26)20(4)16-28(31,5)6)17-29-30-27(32)24-13-9-11-21-10-7-8-12-23(21)24/h7-15,17-18,20H,16H2,1-6H3,(H,30,32)/b29-17-/t20-/m1/s1. The van der Waals surface area contributed by atoms with E-state index in [1.54, 1.807) is 6.21 Å². The monoisotopic (exact) mass is 427 g/mol. The molecule has 0 fully saturated rings. The Bertz CT molecular complexity index is 1190. The van der Waals surface area contributed by atoms with Gasteiger partial charge in [0.15, 0.2) is 0 Å². The second-order valence-corrected chi connectivity index (χ2v) is 9.87. The SMILES string of the molecule is Cc1cc2c(cc1/C=N\NC(=O)c1cccc3ccccc13)[C@H](C)CC(C)(C)N2C(C)C. The summed E-state index contributed by atoms with van der Waals surface area (Å²) in [6.45, 7) is 13.6. The van der Waals surface area contributed by atoms with Crippen LogP contribution in [0.3, 0.4) is 0 Å². The van der Waals surface area contributed by atoms with E-state index < -0.39 is 0 Å². The number of nitrogens with one attached hydrogen (secondary N) is 1. The van der Waals surface area contributed by atoms with Crippen molar-refractivity contribution in [2.45, 2.75) is 65.5 Å². The summed E-state index contributed by atoms with van der Waals surface area (Å²) in [4.78, 5) is 15.3. The fourth-order valence-corrected chi connectivity index (χ4v) is 5.37. The van der Waals surface area contributed by atoms with Gasteiger partial charge in [-0.3, -0.25) is 4.79 Å². The van der Waals surface area contributed by atoms with Crippen molar-refractivity contribution in [3.8, 4) is 0 Å². The average molecular weight is 428 g/mol. The number of rotatable bonds is 4. The van der Waals surface area contributed by atoms with E-state index in [1.165, 1.54) is 11.3 Å². The molecule has 3 aromatic rings. The lowest BCUT2D eigenvalue weighted by Gasteiger charge is -2.50. The molecule has 1 N–H and O–H groups in total. The van der Waals surface area contributed by atoms with Crippen molar-refractivity contribution in [2.24, 2.45) is 5.10 Å². The van der Waals surface area contributed by atoms with Crippen LogP contribution in [0, 0.1) is 6.92 Å². The third-order valence-corrected chi connectivity index (χ3v) is 6.58. The number of aryl methyl sites for hydroxylation is 1. The minimum absolute atomic E-state index is 0.120. The van der Waals surface area contributed by atoms with Gasteiger partial charge in [0.05, 0.1) is 6.21 Å². The Morgan fingerprint density at radius 2 is 1.88 bits per heavy atom.